The minimum atomic E-state index is -0.100. The number of imidazole rings is 1. The Kier molecular flexibility index (Phi) is 4.20. The lowest BCUT2D eigenvalue weighted by molar-refractivity contribution is 0.0550. The van der Waals surface area contributed by atoms with Crippen LogP contribution in [0.2, 0.25) is 0 Å². The van der Waals surface area contributed by atoms with E-state index in [0.717, 1.165) is 29.4 Å². The summed E-state index contributed by atoms with van der Waals surface area (Å²) in [5.74, 6) is 1.61. The fourth-order valence-corrected chi connectivity index (χ4v) is 3.46. The van der Waals surface area contributed by atoms with Gasteiger partial charge in [-0.2, -0.15) is 5.10 Å². The van der Waals surface area contributed by atoms with E-state index in [4.69, 9.17) is 4.74 Å². The number of carbonyl (C=O) groups is 1. The number of aromatic amines is 1. The zero-order valence-corrected chi connectivity index (χ0v) is 15.1. The van der Waals surface area contributed by atoms with Gasteiger partial charge < -0.3 is 14.0 Å². The topological polar surface area (TPSA) is 88.4 Å². The molecule has 0 saturated carbocycles. The summed E-state index contributed by atoms with van der Waals surface area (Å²) in [6.07, 6.45) is 4.44. The molecule has 0 radical (unpaired) electrons. The molecule has 1 amide bonds. The Morgan fingerprint density at radius 3 is 3.08 bits per heavy atom. The van der Waals surface area contributed by atoms with Gasteiger partial charge in [-0.25, -0.2) is 9.97 Å². The first kappa shape index (κ1) is 16.7. The van der Waals surface area contributed by atoms with Crippen LogP contribution in [-0.2, 0) is 4.74 Å². The predicted molar refractivity (Wildman–Crippen MR) is 95.1 cm³/mol. The smallest absolute Gasteiger partial charge is 0.253 e. The molecule has 8 heteroatoms. The average Bonchev–Trinajstić information content (AvgIpc) is 3.35. The van der Waals surface area contributed by atoms with E-state index in [0.29, 0.717) is 18.7 Å². The minimum Gasteiger partial charge on any atom is -0.376 e. The first-order valence-corrected chi connectivity index (χ1v) is 8.72. The van der Waals surface area contributed by atoms with Gasteiger partial charge in [0.15, 0.2) is 5.82 Å². The van der Waals surface area contributed by atoms with Crippen LogP contribution in [0.3, 0.4) is 0 Å². The summed E-state index contributed by atoms with van der Waals surface area (Å²) in [4.78, 5) is 23.3. The van der Waals surface area contributed by atoms with Crippen LogP contribution in [0.1, 0.15) is 40.0 Å². The van der Waals surface area contributed by atoms with E-state index < -0.39 is 0 Å². The third-order valence-corrected chi connectivity index (χ3v) is 4.90. The van der Waals surface area contributed by atoms with Gasteiger partial charge in [0.1, 0.15) is 11.5 Å². The van der Waals surface area contributed by atoms with Crippen LogP contribution in [0, 0.1) is 13.8 Å². The van der Waals surface area contributed by atoms with Crippen LogP contribution in [0.4, 0.5) is 0 Å². The Morgan fingerprint density at radius 1 is 1.46 bits per heavy atom. The number of fused-ring (bicyclic) bond motifs is 1. The van der Waals surface area contributed by atoms with Gasteiger partial charge in [-0.05, 0) is 32.4 Å². The molecule has 0 aromatic carbocycles. The van der Waals surface area contributed by atoms with E-state index in [2.05, 4.69) is 20.2 Å². The number of nitrogens with zero attached hydrogens (tertiary/aromatic N) is 5. The quantitative estimate of drug-likeness (QED) is 0.771. The van der Waals surface area contributed by atoms with E-state index in [1.54, 1.807) is 18.1 Å². The van der Waals surface area contributed by atoms with Crippen molar-refractivity contribution in [3.8, 4) is 0 Å². The number of carbonyl (C=O) groups excluding carboxylic acids is 1. The fraction of sp³-hybridized carbons (Fsp3) is 0.444. The third-order valence-electron chi connectivity index (χ3n) is 4.90. The van der Waals surface area contributed by atoms with Crippen LogP contribution < -0.4 is 0 Å². The van der Waals surface area contributed by atoms with E-state index in [-0.39, 0.29) is 17.9 Å². The number of hydrogen-bond donors (Lipinski definition) is 1. The number of aryl methyl sites for hydroxylation is 2. The molecule has 0 unspecified atom stereocenters. The molecular weight excluding hydrogens is 332 g/mol. The molecule has 0 bridgehead atoms. The highest BCUT2D eigenvalue weighted by atomic mass is 16.5. The van der Waals surface area contributed by atoms with Crippen LogP contribution in [0.25, 0.3) is 5.65 Å². The van der Waals surface area contributed by atoms with Crippen LogP contribution in [0.5, 0.6) is 0 Å². The van der Waals surface area contributed by atoms with E-state index in [1.165, 1.54) is 0 Å². The minimum absolute atomic E-state index is 0.0476. The highest BCUT2D eigenvalue weighted by molar-refractivity contribution is 5.94. The first-order chi connectivity index (χ1) is 12.5. The molecule has 3 aromatic rings. The van der Waals surface area contributed by atoms with Gasteiger partial charge in [0.2, 0.25) is 0 Å². The number of ether oxygens (including phenoxy) is 1. The number of H-pyrrole nitrogens is 1. The number of rotatable bonds is 4. The Hall–Kier alpha value is -2.74. The van der Waals surface area contributed by atoms with Gasteiger partial charge >= 0.3 is 0 Å². The highest BCUT2D eigenvalue weighted by Crippen LogP contribution is 2.29. The SMILES string of the molecule is Cc1nc([C@@H]2CCO[C@@H]2CN(C)C(=O)c2ccn3c(C)cnc3c2)n[nH]1. The zero-order valence-electron chi connectivity index (χ0n) is 15.1. The molecule has 1 saturated heterocycles. The van der Waals surface area contributed by atoms with Gasteiger partial charge in [-0.3, -0.25) is 9.89 Å². The van der Waals surface area contributed by atoms with Crippen molar-refractivity contribution in [3.63, 3.8) is 0 Å². The fourth-order valence-electron chi connectivity index (χ4n) is 3.46. The summed E-state index contributed by atoms with van der Waals surface area (Å²) < 4.78 is 7.81. The van der Waals surface area contributed by atoms with Gasteiger partial charge in [0.25, 0.3) is 5.91 Å². The van der Waals surface area contributed by atoms with Gasteiger partial charge in [-0.15, -0.1) is 0 Å². The summed E-state index contributed by atoms with van der Waals surface area (Å²) >= 11 is 0. The van der Waals surface area contributed by atoms with Crippen molar-refractivity contribution in [1.29, 1.82) is 0 Å². The second kappa shape index (κ2) is 6.53. The maximum absolute atomic E-state index is 12.8. The molecule has 1 aliphatic rings. The highest BCUT2D eigenvalue weighted by Gasteiger charge is 2.34. The van der Waals surface area contributed by atoms with Gasteiger partial charge in [-0.1, -0.05) is 0 Å². The molecule has 0 aliphatic carbocycles. The molecule has 1 fully saturated rings. The first-order valence-electron chi connectivity index (χ1n) is 8.72. The number of hydrogen-bond acceptors (Lipinski definition) is 5. The molecule has 3 aromatic heterocycles. The monoisotopic (exact) mass is 354 g/mol. The van der Waals surface area contributed by atoms with Crippen molar-refractivity contribution in [1.82, 2.24) is 29.5 Å². The molecule has 136 valence electrons. The van der Waals surface area contributed by atoms with E-state index in [1.807, 2.05) is 36.6 Å². The molecule has 1 N–H and O–H groups in total. The number of nitrogens with one attached hydrogen (secondary N) is 1. The second-order valence-electron chi connectivity index (χ2n) is 6.81. The average molecular weight is 354 g/mol. The van der Waals surface area contributed by atoms with E-state index in [9.17, 15) is 4.79 Å². The predicted octanol–water partition coefficient (Wildman–Crippen LogP) is 1.71. The van der Waals surface area contributed by atoms with Crippen molar-refractivity contribution in [3.05, 3.63) is 47.4 Å². The number of amides is 1. The summed E-state index contributed by atoms with van der Waals surface area (Å²) in [6, 6.07) is 3.64. The molecule has 2 atom stereocenters. The van der Waals surface area contributed by atoms with E-state index >= 15 is 0 Å². The Bertz CT molecular complexity index is 946. The lowest BCUT2D eigenvalue weighted by atomic mass is 10.0. The van der Waals surface area contributed by atoms with Gasteiger partial charge in [0, 0.05) is 43.9 Å². The number of aromatic nitrogens is 5. The Morgan fingerprint density at radius 2 is 2.31 bits per heavy atom. The second-order valence-corrected chi connectivity index (χ2v) is 6.81. The van der Waals surface area contributed by atoms with Crippen molar-refractivity contribution in [2.45, 2.75) is 32.3 Å². The molecule has 1 aliphatic heterocycles. The largest absolute Gasteiger partial charge is 0.376 e. The van der Waals surface area contributed by atoms with Crippen LogP contribution >= 0.6 is 0 Å². The van der Waals surface area contributed by atoms with Crippen LogP contribution in [-0.4, -0.2) is 61.7 Å². The molecule has 0 spiro atoms. The third kappa shape index (κ3) is 2.96. The standard InChI is InChI=1S/C18H22N6O2/c1-11-9-19-16-8-13(4-6-24(11)16)18(25)23(3)10-15-14(5-7-26-15)17-20-12(2)21-22-17/h4,6,8-9,14-15H,5,7,10H2,1-3H3,(H,20,21,22)/t14-,15-/m1/s1. The maximum atomic E-state index is 12.8. The van der Waals surface area contributed by atoms with Gasteiger partial charge in [0.05, 0.1) is 12.0 Å². The van der Waals surface area contributed by atoms with Crippen molar-refractivity contribution in [2.75, 3.05) is 20.2 Å². The Balaban J connectivity index is 1.49. The summed E-state index contributed by atoms with van der Waals surface area (Å²) in [7, 11) is 1.80. The summed E-state index contributed by atoms with van der Waals surface area (Å²) in [6.45, 7) is 5.01. The Labute approximate surface area is 151 Å². The molecule has 4 heterocycles. The van der Waals surface area contributed by atoms with Crippen molar-refractivity contribution < 1.29 is 9.53 Å². The molecule has 4 rings (SSSR count). The molecular formula is C18H22N6O2. The maximum Gasteiger partial charge on any atom is 0.253 e. The lowest BCUT2D eigenvalue weighted by Crippen LogP contribution is -2.36. The summed E-state index contributed by atoms with van der Waals surface area (Å²) in [5, 5.41) is 7.14. The van der Waals surface area contributed by atoms with Crippen molar-refractivity contribution >= 4 is 11.6 Å². The summed E-state index contributed by atoms with van der Waals surface area (Å²) in [5.41, 5.74) is 2.43. The van der Waals surface area contributed by atoms with Crippen LogP contribution in [0.15, 0.2) is 24.5 Å². The number of pyridine rings is 1. The normalized spacial score (nSPS) is 20.0. The molecule has 8 nitrogen and oxygen atoms in total. The lowest BCUT2D eigenvalue weighted by Gasteiger charge is -2.24. The zero-order chi connectivity index (χ0) is 18.3. The molecule has 26 heavy (non-hydrogen) atoms. The van der Waals surface area contributed by atoms with Crippen molar-refractivity contribution in [2.24, 2.45) is 0 Å². The number of likely N-dealkylation sites (N-methyl/N-ethyl adjacent to an activating group) is 1.